The van der Waals surface area contributed by atoms with E-state index >= 15 is 0 Å². The second kappa shape index (κ2) is 7.91. The van der Waals surface area contributed by atoms with Crippen LogP contribution in [0, 0.1) is 5.92 Å². The molecule has 2 amide bonds. The fourth-order valence-electron chi connectivity index (χ4n) is 4.13. The summed E-state index contributed by atoms with van der Waals surface area (Å²) in [5, 5.41) is 7.02. The van der Waals surface area contributed by atoms with Crippen LogP contribution >= 0.6 is 0 Å². The first-order chi connectivity index (χ1) is 13.6. The fourth-order valence-corrected chi connectivity index (χ4v) is 4.13. The maximum Gasteiger partial charge on any atom is 0.269 e. The molecule has 4 rings (SSSR count). The molecule has 0 bridgehead atoms. The van der Waals surface area contributed by atoms with E-state index < -0.39 is 5.60 Å². The first kappa shape index (κ1) is 18.9. The van der Waals surface area contributed by atoms with E-state index in [0.29, 0.717) is 51.4 Å². The molecule has 3 unspecified atom stereocenters. The molecule has 0 radical (unpaired) electrons. The highest BCUT2D eigenvalue weighted by atomic mass is 16.7. The van der Waals surface area contributed by atoms with Crippen molar-refractivity contribution in [2.75, 3.05) is 32.8 Å². The normalized spacial score (nSPS) is 27.5. The standard InChI is InChI=1S/C21H27N3O4/c1-15(16-5-3-2-4-6-16)12-22-19(25)18-11-21(28-23-18)8-9-24(14-21)20(26)17-7-10-27-13-17/h2-6,15,17H,7-14H2,1H3,(H,22,25). The number of rotatable bonds is 5. The summed E-state index contributed by atoms with van der Waals surface area (Å²) in [7, 11) is 0. The van der Waals surface area contributed by atoms with Crippen LogP contribution in [0.2, 0.25) is 0 Å². The Hall–Kier alpha value is -2.41. The largest absolute Gasteiger partial charge is 0.386 e. The zero-order valence-corrected chi connectivity index (χ0v) is 16.2. The number of hydrogen-bond acceptors (Lipinski definition) is 5. The molecule has 1 spiro atoms. The topological polar surface area (TPSA) is 80.2 Å². The van der Waals surface area contributed by atoms with Crippen LogP contribution in [-0.2, 0) is 19.2 Å². The molecule has 7 nitrogen and oxygen atoms in total. The monoisotopic (exact) mass is 385 g/mol. The van der Waals surface area contributed by atoms with Crippen LogP contribution < -0.4 is 5.32 Å². The van der Waals surface area contributed by atoms with Gasteiger partial charge in [0.05, 0.1) is 19.1 Å². The number of likely N-dealkylation sites (tertiary alicyclic amines) is 1. The van der Waals surface area contributed by atoms with E-state index in [1.807, 2.05) is 23.1 Å². The minimum absolute atomic E-state index is 0.0419. The molecular formula is C21H27N3O4. The number of benzene rings is 1. The van der Waals surface area contributed by atoms with Crippen molar-refractivity contribution in [2.45, 2.75) is 37.7 Å². The van der Waals surface area contributed by atoms with Crippen molar-refractivity contribution in [3.63, 3.8) is 0 Å². The Labute approximate surface area is 165 Å². The molecule has 3 heterocycles. The molecule has 2 saturated heterocycles. The molecule has 7 heteroatoms. The van der Waals surface area contributed by atoms with Gasteiger partial charge in [-0.05, 0) is 17.9 Å². The van der Waals surface area contributed by atoms with Crippen LogP contribution in [0.5, 0.6) is 0 Å². The molecule has 0 aliphatic carbocycles. The van der Waals surface area contributed by atoms with Gasteiger partial charge in [0.25, 0.3) is 5.91 Å². The van der Waals surface area contributed by atoms with Crippen molar-refractivity contribution in [1.29, 1.82) is 0 Å². The maximum absolute atomic E-state index is 12.6. The highest BCUT2D eigenvalue weighted by Gasteiger charge is 2.48. The number of carbonyl (C=O) groups is 2. The number of oxime groups is 1. The third kappa shape index (κ3) is 3.90. The van der Waals surface area contributed by atoms with Gasteiger partial charge in [-0.15, -0.1) is 0 Å². The Morgan fingerprint density at radius 2 is 2.18 bits per heavy atom. The van der Waals surface area contributed by atoms with E-state index in [2.05, 4.69) is 29.5 Å². The summed E-state index contributed by atoms with van der Waals surface area (Å²) < 4.78 is 5.33. The van der Waals surface area contributed by atoms with Crippen LogP contribution in [0.1, 0.15) is 37.7 Å². The number of amides is 2. The minimum atomic E-state index is -0.549. The van der Waals surface area contributed by atoms with Crippen LogP contribution in [0.3, 0.4) is 0 Å². The predicted molar refractivity (Wildman–Crippen MR) is 104 cm³/mol. The van der Waals surface area contributed by atoms with Crippen LogP contribution in [-0.4, -0.2) is 60.9 Å². The van der Waals surface area contributed by atoms with Gasteiger partial charge in [-0.25, -0.2) is 0 Å². The molecule has 150 valence electrons. The van der Waals surface area contributed by atoms with Crippen molar-refractivity contribution >= 4 is 17.5 Å². The molecule has 1 aromatic carbocycles. The van der Waals surface area contributed by atoms with Gasteiger partial charge in [-0.2, -0.15) is 0 Å². The Balaban J connectivity index is 1.27. The lowest BCUT2D eigenvalue weighted by Gasteiger charge is -2.23. The van der Waals surface area contributed by atoms with Crippen molar-refractivity contribution in [3.05, 3.63) is 35.9 Å². The van der Waals surface area contributed by atoms with Crippen LogP contribution in [0.4, 0.5) is 0 Å². The summed E-state index contributed by atoms with van der Waals surface area (Å²) >= 11 is 0. The summed E-state index contributed by atoms with van der Waals surface area (Å²) in [6.45, 7) is 4.92. The lowest BCUT2D eigenvalue weighted by atomic mass is 9.96. The molecule has 3 aliphatic heterocycles. The molecule has 3 atom stereocenters. The zero-order chi connectivity index (χ0) is 19.6. The number of nitrogens with zero attached hydrogens (tertiary/aromatic N) is 2. The second-order valence-corrected chi connectivity index (χ2v) is 8.08. The van der Waals surface area contributed by atoms with Gasteiger partial charge in [0, 0.05) is 32.5 Å². The molecular weight excluding hydrogens is 358 g/mol. The molecule has 0 aromatic heterocycles. The Morgan fingerprint density at radius 1 is 1.36 bits per heavy atom. The lowest BCUT2D eigenvalue weighted by Crippen LogP contribution is -2.40. The molecule has 1 aromatic rings. The quantitative estimate of drug-likeness (QED) is 0.836. The molecule has 28 heavy (non-hydrogen) atoms. The van der Waals surface area contributed by atoms with Crippen molar-refractivity contribution in [3.8, 4) is 0 Å². The summed E-state index contributed by atoms with van der Waals surface area (Å²) in [4.78, 5) is 32.6. The molecule has 1 N–H and O–H groups in total. The smallest absolute Gasteiger partial charge is 0.269 e. The van der Waals surface area contributed by atoms with E-state index in [1.165, 1.54) is 5.56 Å². The highest BCUT2D eigenvalue weighted by Crippen LogP contribution is 2.35. The van der Waals surface area contributed by atoms with Gasteiger partial charge < -0.3 is 19.8 Å². The van der Waals surface area contributed by atoms with Crippen LogP contribution in [0.25, 0.3) is 0 Å². The Kier molecular flexibility index (Phi) is 5.35. The van der Waals surface area contributed by atoms with E-state index in [-0.39, 0.29) is 23.7 Å². The van der Waals surface area contributed by atoms with E-state index in [1.54, 1.807) is 0 Å². The van der Waals surface area contributed by atoms with Gasteiger partial charge in [0.1, 0.15) is 5.71 Å². The molecule has 0 saturated carbocycles. The summed E-state index contributed by atoms with van der Waals surface area (Å²) in [5.41, 5.74) is 1.05. The number of nitrogens with one attached hydrogen (secondary N) is 1. The Morgan fingerprint density at radius 3 is 2.93 bits per heavy atom. The van der Waals surface area contributed by atoms with Gasteiger partial charge in [0.15, 0.2) is 5.60 Å². The number of hydrogen-bond donors (Lipinski definition) is 1. The second-order valence-electron chi connectivity index (χ2n) is 8.08. The number of ether oxygens (including phenoxy) is 1. The summed E-state index contributed by atoms with van der Waals surface area (Å²) in [6.07, 6.45) is 1.93. The Bertz CT molecular complexity index is 760. The molecule has 3 aliphatic rings. The highest BCUT2D eigenvalue weighted by molar-refractivity contribution is 6.39. The van der Waals surface area contributed by atoms with E-state index in [0.717, 1.165) is 6.42 Å². The third-order valence-corrected chi connectivity index (χ3v) is 5.95. The first-order valence-corrected chi connectivity index (χ1v) is 10.0. The van der Waals surface area contributed by atoms with Gasteiger partial charge in [0.2, 0.25) is 5.91 Å². The van der Waals surface area contributed by atoms with Crippen molar-refractivity contribution in [1.82, 2.24) is 10.2 Å². The lowest BCUT2D eigenvalue weighted by molar-refractivity contribution is -0.135. The zero-order valence-electron chi connectivity index (χ0n) is 16.2. The maximum atomic E-state index is 12.6. The van der Waals surface area contributed by atoms with Crippen molar-refractivity contribution in [2.24, 2.45) is 11.1 Å². The summed E-state index contributed by atoms with van der Waals surface area (Å²) in [6, 6.07) is 10.1. The average Bonchev–Trinajstić information content (AvgIpc) is 3.48. The van der Waals surface area contributed by atoms with Gasteiger partial charge in [-0.1, -0.05) is 42.4 Å². The van der Waals surface area contributed by atoms with Gasteiger partial charge >= 0.3 is 0 Å². The minimum Gasteiger partial charge on any atom is -0.386 e. The van der Waals surface area contributed by atoms with Crippen molar-refractivity contribution < 1.29 is 19.2 Å². The third-order valence-electron chi connectivity index (χ3n) is 5.95. The van der Waals surface area contributed by atoms with Crippen LogP contribution in [0.15, 0.2) is 35.5 Å². The predicted octanol–water partition coefficient (Wildman–Crippen LogP) is 1.69. The summed E-state index contributed by atoms with van der Waals surface area (Å²) in [5.74, 6) is 0.121. The fraction of sp³-hybridized carbons (Fsp3) is 0.571. The number of carbonyl (C=O) groups excluding carboxylic acids is 2. The first-order valence-electron chi connectivity index (χ1n) is 10.0. The van der Waals surface area contributed by atoms with Gasteiger partial charge in [-0.3, -0.25) is 9.59 Å². The van der Waals surface area contributed by atoms with E-state index in [9.17, 15) is 9.59 Å². The van der Waals surface area contributed by atoms with E-state index in [4.69, 9.17) is 9.57 Å². The SMILES string of the molecule is CC(CNC(=O)C1=NOC2(CCN(C(=O)C3CCOC3)C2)C1)c1ccccc1. The average molecular weight is 385 g/mol. The molecule has 2 fully saturated rings.